The van der Waals surface area contributed by atoms with Gasteiger partial charge in [-0.15, -0.1) is 0 Å². The highest BCUT2D eigenvalue weighted by atomic mass is 28.2. The molecule has 146 valence electrons. The van der Waals surface area contributed by atoms with Crippen molar-refractivity contribution in [2.24, 2.45) is 0 Å². The minimum absolute atomic E-state index is 0.0584. The van der Waals surface area contributed by atoms with E-state index in [2.05, 4.69) is 0 Å². The van der Waals surface area contributed by atoms with Crippen LogP contribution in [0.4, 0.5) is 0 Å². The molecule has 9 heteroatoms. The van der Waals surface area contributed by atoms with Crippen LogP contribution in [0, 0.1) is 0 Å². The molecule has 1 rings (SSSR count). The molecule has 0 saturated carbocycles. The number of benzene rings is 1. The van der Waals surface area contributed by atoms with Crippen molar-refractivity contribution in [2.45, 2.75) is 46.8 Å². The van der Waals surface area contributed by atoms with Gasteiger partial charge in [0.1, 0.15) is 0 Å². The van der Waals surface area contributed by atoms with Crippen LogP contribution in [0.15, 0.2) is 18.2 Å². The van der Waals surface area contributed by atoms with Gasteiger partial charge in [-0.3, -0.25) is 9.59 Å². The van der Waals surface area contributed by atoms with Crippen LogP contribution in [-0.2, 0) is 8.85 Å². The van der Waals surface area contributed by atoms with Crippen molar-refractivity contribution in [1.82, 2.24) is 4.90 Å². The second-order valence-corrected chi connectivity index (χ2v) is 8.09. The Labute approximate surface area is 164 Å². The molecule has 4 radical (unpaired) electrons. The van der Waals surface area contributed by atoms with Crippen LogP contribution < -0.4 is 0 Å². The number of carboxylic acid groups (broad SMARTS) is 1. The summed E-state index contributed by atoms with van der Waals surface area (Å²) in [5, 5.41) is 9.35. The third kappa shape index (κ3) is 7.75. The summed E-state index contributed by atoms with van der Waals surface area (Å²) >= 11 is 0. The third-order valence-electron chi connectivity index (χ3n) is 3.31. The van der Waals surface area contributed by atoms with Gasteiger partial charge in [0.2, 0.25) is 0 Å². The van der Waals surface area contributed by atoms with Gasteiger partial charge in [0, 0.05) is 35.7 Å². The number of carboxylic acids is 1. The van der Waals surface area contributed by atoms with Crippen molar-refractivity contribution in [3.8, 4) is 0 Å². The van der Waals surface area contributed by atoms with E-state index in [-0.39, 0.29) is 60.1 Å². The first kappa shape index (κ1) is 23.2. The fourth-order valence-corrected chi connectivity index (χ4v) is 3.97. The normalized spacial score (nSPS) is 11.1. The minimum atomic E-state index is -1.24. The zero-order valence-electron chi connectivity index (χ0n) is 16.2. The Morgan fingerprint density at radius 3 is 1.93 bits per heavy atom. The monoisotopic (exact) mass is 407 g/mol. The Kier molecular flexibility index (Phi) is 9.57. The smallest absolute Gasteiger partial charge is 0.336 e. The Morgan fingerprint density at radius 1 is 1.00 bits per heavy atom. The highest BCUT2D eigenvalue weighted by Gasteiger charge is 2.21. The van der Waals surface area contributed by atoms with Crippen molar-refractivity contribution in [2.75, 3.05) is 12.3 Å². The van der Waals surface area contributed by atoms with E-state index in [0.717, 1.165) is 0 Å². The Balaban J connectivity index is 3.02. The topological polar surface area (TPSA) is 93.1 Å². The van der Waals surface area contributed by atoms with E-state index in [0.29, 0.717) is 12.3 Å². The van der Waals surface area contributed by atoms with Crippen LogP contribution in [-0.4, -0.2) is 71.7 Å². The molecule has 0 fully saturated rings. The lowest BCUT2D eigenvalue weighted by Gasteiger charge is -2.23. The summed E-state index contributed by atoms with van der Waals surface area (Å²) in [7, 11) is 0.212. The number of rotatable bonds is 11. The molecule has 1 aromatic carbocycles. The molecule has 0 aliphatic heterocycles. The average molecular weight is 408 g/mol. The number of ketones is 1. The SMILES string of the molecule is CC(=O)c1ccc(C(=O)N(C[Si]OC(C)C)C[Si]OC(C)C)cc1C(=O)O. The lowest BCUT2D eigenvalue weighted by Crippen LogP contribution is -2.39. The molecule has 7 nitrogen and oxygen atoms in total. The zero-order chi connectivity index (χ0) is 20.6. The summed E-state index contributed by atoms with van der Waals surface area (Å²) in [4.78, 5) is 37.5. The van der Waals surface area contributed by atoms with Gasteiger partial charge < -0.3 is 18.9 Å². The lowest BCUT2D eigenvalue weighted by molar-refractivity contribution is 0.0692. The summed E-state index contributed by atoms with van der Waals surface area (Å²) < 4.78 is 11.1. The number of hydrogen-bond donors (Lipinski definition) is 1. The number of hydrogen-bond acceptors (Lipinski definition) is 5. The quantitative estimate of drug-likeness (QED) is 0.446. The number of Topliss-reactive ketones (excluding diaryl/α,β-unsaturated/α-hetero) is 1. The molecular formula is C18H25NO6Si2. The van der Waals surface area contributed by atoms with E-state index in [1.165, 1.54) is 25.1 Å². The lowest BCUT2D eigenvalue weighted by atomic mass is 10.0. The minimum Gasteiger partial charge on any atom is -0.478 e. The van der Waals surface area contributed by atoms with Gasteiger partial charge in [0.05, 0.1) is 5.56 Å². The largest absolute Gasteiger partial charge is 0.478 e. The third-order valence-corrected chi connectivity index (χ3v) is 5.61. The summed E-state index contributed by atoms with van der Waals surface area (Å²) in [6, 6.07) is 4.13. The van der Waals surface area contributed by atoms with E-state index in [1.807, 2.05) is 27.7 Å². The van der Waals surface area contributed by atoms with Crippen molar-refractivity contribution in [3.63, 3.8) is 0 Å². The van der Waals surface area contributed by atoms with Crippen molar-refractivity contribution < 1.29 is 28.3 Å². The Bertz CT molecular complexity index is 664. The van der Waals surface area contributed by atoms with Crippen LogP contribution in [0.2, 0.25) is 0 Å². The molecule has 27 heavy (non-hydrogen) atoms. The average Bonchev–Trinajstić information content (AvgIpc) is 2.58. The molecule has 0 unspecified atom stereocenters. The molecule has 0 aliphatic carbocycles. The molecule has 0 bridgehead atoms. The Hall–Kier alpha value is -1.82. The predicted molar refractivity (Wildman–Crippen MR) is 103 cm³/mol. The Morgan fingerprint density at radius 2 is 1.52 bits per heavy atom. The maximum Gasteiger partial charge on any atom is 0.336 e. The first-order valence-electron chi connectivity index (χ1n) is 8.58. The maximum atomic E-state index is 12.9. The van der Waals surface area contributed by atoms with E-state index < -0.39 is 5.97 Å². The van der Waals surface area contributed by atoms with Crippen molar-refractivity contribution in [3.05, 3.63) is 34.9 Å². The molecule has 0 saturated heterocycles. The van der Waals surface area contributed by atoms with E-state index >= 15 is 0 Å². The van der Waals surface area contributed by atoms with Gasteiger partial charge in [-0.25, -0.2) is 4.79 Å². The molecule has 1 aromatic rings. The summed E-state index contributed by atoms with van der Waals surface area (Å²) in [5.74, 6) is -1.91. The van der Waals surface area contributed by atoms with Gasteiger partial charge in [-0.05, 0) is 52.8 Å². The van der Waals surface area contributed by atoms with Crippen LogP contribution >= 0.6 is 0 Å². The van der Waals surface area contributed by atoms with Gasteiger partial charge >= 0.3 is 5.97 Å². The van der Waals surface area contributed by atoms with Gasteiger partial charge in [0.25, 0.3) is 25.4 Å². The first-order valence-corrected chi connectivity index (χ1v) is 10.8. The second kappa shape index (κ2) is 11.1. The molecule has 0 spiro atoms. The van der Waals surface area contributed by atoms with Crippen LogP contribution in [0.1, 0.15) is 65.7 Å². The van der Waals surface area contributed by atoms with E-state index in [4.69, 9.17) is 8.85 Å². The molecule has 0 atom stereocenters. The van der Waals surface area contributed by atoms with Gasteiger partial charge in [0.15, 0.2) is 5.78 Å². The maximum absolute atomic E-state index is 12.9. The zero-order valence-corrected chi connectivity index (χ0v) is 18.2. The van der Waals surface area contributed by atoms with Crippen LogP contribution in [0.25, 0.3) is 0 Å². The fraction of sp³-hybridized carbons (Fsp3) is 0.500. The van der Waals surface area contributed by atoms with Crippen molar-refractivity contribution >= 4 is 37.2 Å². The van der Waals surface area contributed by atoms with E-state index in [9.17, 15) is 19.5 Å². The van der Waals surface area contributed by atoms with Gasteiger partial charge in [-0.2, -0.15) is 0 Å². The molecule has 0 heterocycles. The molecule has 1 amide bonds. The van der Waals surface area contributed by atoms with Gasteiger partial charge in [-0.1, -0.05) is 0 Å². The number of aromatic carboxylic acids is 1. The number of carbonyl (C=O) groups is 3. The second-order valence-electron chi connectivity index (χ2n) is 6.40. The summed E-state index contributed by atoms with van der Waals surface area (Å²) in [5.41, 5.74) is 0.136. The summed E-state index contributed by atoms with van der Waals surface area (Å²) in [6.07, 6.45) is 0.899. The summed E-state index contributed by atoms with van der Waals surface area (Å²) in [6.45, 7) is 8.97. The standard InChI is InChI=1S/C18H25NO6Si2/c1-11(2)24-26-9-19(10-27-25-12(3)4)17(21)14-6-7-15(13(5)20)16(8-14)18(22)23/h6-8,11-12H,9-10H2,1-5H3,(H,22,23). The molecular weight excluding hydrogens is 382 g/mol. The number of nitrogens with zero attached hydrogens (tertiary/aromatic N) is 1. The molecule has 0 aromatic heterocycles. The molecule has 0 aliphatic rings. The predicted octanol–water partition coefficient (Wildman–Crippen LogP) is 2.03. The highest BCUT2D eigenvalue weighted by molar-refractivity contribution is 6.31. The highest BCUT2D eigenvalue weighted by Crippen LogP contribution is 2.15. The van der Waals surface area contributed by atoms with Crippen LogP contribution in [0.5, 0.6) is 0 Å². The fourth-order valence-electron chi connectivity index (χ4n) is 2.11. The number of amides is 1. The number of carbonyl (C=O) groups excluding carboxylic acids is 2. The van der Waals surface area contributed by atoms with Crippen LogP contribution in [0.3, 0.4) is 0 Å². The van der Waals surface area contributed by atoms with Crippen molar-refractivity contribution in [1.29, 1.82) is 0 Å². The van der Waals surface area contributed by atoms with E-state index in [1.54, 1.807) is 4.90 Å². The molecule has 1 N–H and O–H groups in total. The first-order chi connectivity index (χ1) is 12.6.